The zero-order chi connectivity index (χ0) is 19.6. The molecule has 3 heterocycles. The zero-order valence-electron chi connectivity index (χ0n) is 15.1. The van der Waals surface area contributed by atoms with Crippen molar-refractivity contribution in [1.82, 2.24) is 23.6 Å². The summed E-state index contributed by atoms with van der Waals surface area (Å²) >= 11 is 0. The lowest BCUT2D eigenvalue weighted by Gasteiger charge is -2.19. The molecular formula is C16H19N5O5S. The van der Waals surface area contributed by atoms with Crippen molar-refractivity contribution in [1.29, 1.82) is 0 Å². The standard InChI is InChI=1S/C16H19N5O5S/c1-10-17-14(26-18-10)16(23)6-7-21(9-16)27(24,25)11-4-5-12-13(8-11)20(3)15(22)19(12)2/h4-5,8,23H,6-7,9H2,1-3H3. The molecule has 0 aliphatic carbocycles. The smallest absolute Gasteiger partial charge is 0.328 e. The van der Waals surface area contributed by atoms with Crippen molar-refractivity contribution in [2.75, 3.05) is 13.1 Å². The summed E-state index contributed by atoms with van der Waals surface area (Å²) in [5, 5.41) is 14.4. The molecule has 0 amide bonds. The number of imidazole rings is 1. The Morgan fingerprint density at radius 1 is 1.22 bits per heavy atom. The van der Waals surface area contributed by atoms with E-state index in [2.05, 4.69) is 10.1 Å². The van der Waals surface area contributed by atoms with Crippen molar-refractivity contribution in [2.24, 2.45) is 14.1 Å². The lowest BCUT2D eigenvalue weighted by molar-refractivity contribution is 0.0194. The first-order valence-corrected chi connectivity index (χ1v) is 9.76. The van der Waals surface area contributed by atoms with Gasteiger partial charge in [0.2, 0.25) is 10.0 Å². The molecule has 11 heteroatoms. The minimum Gasteiger partial charge on any atom is -0.379 e. The molecule has 2 aromatic heterocycles. The van der Waals surface area contributed by atoms with E-state index < -0.39 is 15.6 Å². The van der Waals surface area contributed by atoms with Crippen LogP contribution in [0.4, 0.5) is 0 Å². The van der Waals surface area contributed by atoms with Crippen molar-refractivity contribution in [3.63, 3.8) is 0 Å². The lowest BCUT2D eigenvalue weighted by Crippen LogP contribution is -2.34. The summed E-state index contributed by atoms with van der Waals surface area (Å²) in [6.45, 7) is 1.56. The summed E-state index contributed by atoms with van der Waals surface area (Å²) < 4.78 is 35.2. The van der Waals surface area contributed by atoms with E-state index in [4.69, 9.17) is 4.52 Å². The highest BCUT2D eigenvalue weighted by Gasteiger charge is 2.46. The largest absolute Gasteiger partial charge is 0.379 e. The summed E-state index contributed by atoms with van der Waals surface area (Å²) in [5.74, 6) is 0.383. The molecule has 0 bridgehead atoms. The van der Waals surface area contributed by atoms with E-state index in [0.717, 1.165) is 0 Å². The predicted molar refractivity (Wildman–Crippen MR) is 94.5 cm³/mol. The predicted octanol–water partition coefficient (Wildman–Crippen LogP) is -0.149. The third-order valence-electron chi connectivity index (χ3n) is 5.02. The maximum atomic E-state index is 13.1. The molecule has 1 unspecified atom stereocenters. The Hall–Kier alpha value is -2.50. The molecule has 27 heavy (non-hydrogen) atoms. The van der Waals surface area contributed by atoms with Crippen LogP contribution in [0.1, 0.15) is 18.1 Å². The van der Waals surface area contributed by atoms with Gasteiger partial charge in [0.25, 0.3) is 5.89 Å². The van der Waals surface area contributed by atoms with Crippen molar-refractivity contribution < 1.29 is 18.0 Å². The lowest BCUT2D eigenvalue weighted by atomic mass is 10.0. The van der Waals surface area contributed by atoms with Crippen LogP contribution in [0.5, 0.6) is 0 Å². The van der Waals surface area contributed by atoms with Gasteiger partial charge in [-0.25, -0.2) is 13.2 Å². The molecule has 1 fully saturated rings. The second-order valence-electron chi connectivity index (χ2n) is 6.82. The first-order chi connectivity index (χ1) is 12.6. The van der Waals surface area contributed by atoms with Crippen LogP contribution in [0.15, 0.2) is 32.4 Å². The Morgan fingerprint density at radius 3 is 2.59 bits per heavy atom. The van der Waals surface area contributed by atoms with Crippen molar-refractivity contribution in [3.05, 3.63) is 40.4 Å². The number of fused-ring (bicyclic) bond motifs is 1. The van der Waals surface area contributed by atoms with Gasteiger partial charge in [0, 0.05) is 27.1 Å². The van der Waals surface area contributed by atoms with Crippen LogP contribution in [0, 0.1) is 6.92 Å². The Balaban J connectivity index is 1.71. The molecule has 0 radical (unpaired) electrons. The van der Waals surface area contributed by atoms with E-state index >= 15 is 0 Å². The van der Waals surface area contributed by atoms with Crippen LogP contribution < -0.4 is 5.69 Å². The van der Waals surface area contributed by atoms with Crippen molar-refractivity contribution in [3.8, 4) is 0 Å². The minimum atomic E-state index is -3.86. The van der Waals surface area contributed by atoms with Gasteiger partial charge in [-0.15, -0.1) is 0 Å². The summed E-state index contributed by atoms with van der Waals surface area (Å²) in [5.41, 5.74) is -0.592. The van der Waals surface area contributed by atoms with Gasteiger partial charge in [0.05, 0.1) is 22.5 Å². The average molecular weight is 393 g/mol. The Labute approximate surface area is 154 Å². The Bertz CT molecular complexity index is 1210. The van der Waals surface area contributed by atoms with Crippen LogP contribution >= 0.6 is 0 Å². The third-order valence-corrected chi connectivity index (χ3v) is 6.86. The first-order valence-electron chi connectivity index (χ1n) is 8.32. The fraction of sp³-hybridized carbons (Fsp3) is 0.438. The van der Waals surface area contributed by atoms with Gasteiger partial charge >= 0.3 is 5.69 Å². The maximum Gasteiger partial charge on any atom is 0.328 e. The molecule has 10 nitrogen and oxygen atoms in total. The topological polar surface area (TPSA) is 123 Å². The highest BCUT2D eigenvalue weighted by atomic mass is 32.2. The number of sulfonamides is 1. The number of hydrogen-bond acceptors (Lipinski definition) is 7. The molecule has 0 spiro atoms. The maximum absolute atomic E-state index is 13.1. The SMILES string of the molecule is Cc1noc(C2(O)CCN(S(=O)(=O)c3ccc4c(c3)n(C)c(=O)n4C)C2)n1. The number of benzene rings is 1. The van der Waals surface area contributed by atoms with Crippen LogP contribution in [-0.4, -0.2) is 50.2 Å². The third kappa shape index (κ3) is 2.61. The van der Waals surface area contributed by atoms with Crippen LogP contribution in [0.3, 0.4) is 0 Å². The van der Waals surface area contributed by atoms with E-state index in [9.17, 15) is 18.3 Å². The fourth-order valence-electron chi connectivity index (χ4n) is 3.42. The normalized spacial score (nSPS) is 21.3. The number of hydrogen-bond donors (Lipinski definition) is 1. The Kier molecular flexibility index (Phi) is 3.81. The molecule has 4 rings (SSSR count). The minimum absolute atomic E-state index is 0.0126. The summed E-state index contributed by atoms with van der Waals surface area (Å²) in [6, 6.07) is 4.54. The van der Waals surface area contributed by atoms with Gasteiger partial charge in [-0.05, 0) is 25.1 Å². The highest BCUT2D eigenvalue weighted by Crippen LogP contribution is 2.34. The van der Waals surface area contributed by atoms with Crippen LogP contribution in [0.25, 0.3) is 11.0 Å². The van der Waals surface area contributed by atoms with E-state index in [1.807, 2.05) is 0 Å². The second-order valence-corrected chi connectivity index (χ2v) is 8.76. The second kappa shape index (κ2) is 5.75. The van der Waals surface area contributed by atoms with Gasteiger partial charge < -0.3 is 9.63 Å². The van der Waals surface area contributed by atoms with Gasteiger partial charge in [-0.2, -0.15) is 9.29 Å². The number of aryl methyl sites for hydroxylation is 3. The highest BCUT2D eigenvalue weighted by molar-refractivity contribution is 7.89. The molecule has 1 saturated heterocycles. The fourth-order valence-corrected chi connectivity index (χ4v) is 4.94. The number of aromatic nitrogens is 4. The monoisotopic (exact) mass is 393 g/mol. The molecule has 3 aromatic rings. The van der Waals surface area contributed by atoms with Gasteiger partial charge in [-0.3, -0.25) is 9.13 Å². The van der Waals surface area contributed by atoms with E-state index in [1.54, 1.807) is 27.1 Å². The summed E-state index contributed by atoms with van der Waals surface area (Å²) in [4.78, 5) is 16.1. The molecule has 144 valence electrons. The molecule has 1 aliphatic rings. The van der Waals surface area contributed by atoms with Crippen molar-refractivity contribution in [2.45, 2.75) is 23.8 Å². The number of β-amino-alcohol motifs (C(OH)–C–C–N with tert-alkyl or cyclic N) is 1. The van der Waals surface area contributed by atoms with Gasteiger partial charge in [-0.1, -0.05) is 5.16 Å². The summed E-state index contributed by atoms with van der Waals surface area (Å²) in [6.07, 6.45) is 0.153. The molecule has 1 aliphatic heterocycles. The quantitative estimate of drug-likeness (QED) is 0.656. The number of aliphatic hydroxyl groups is 1. The molecule has 1 aromatic carbocycles. The Morgan fingerprint density at radius 2 is 1.93 bits per heavy atom. The molecular weight excluding hydrogens is 374 g/mol. The summed E-state index contributed by atoms with van der Waals surface area (Å²) in [7, 11) is -0.642. The van der Waals surface area contributed by atoms with E-state index in [-0.39, 0.29) is 36.0 Å². The molecule has 1 N–H and O–H groups in total. The van der Waals surface area contributed by atoms with E-state index in [1.165, 1.54) is 25.6 Å². The van der Waals surface area contributed by atoms with E-state index in [0.29, 0.717) is 16.9 Å². The van der Waals surface area contributed by atoms with Crippen LogP contribution in [0.2, 0.25) is 0 Å². The van der Waals surface area contributed by atoms with Gasteiger partial charge in [0.1, 0.15) is 0 Å². The molecule has 0 saturated carbocycles. The zero-order valence-corrected chi connectivity index (χ0v) is 15.9. The first kappa shape index (κ1) is 17.9. The molecule has 1 atom stereocenters. The van der Waals surface area contributed by atoms with Crippen LogP contribution in [-0.2, 0) is 29.7 Å². The average Bonchev–Trinajstić information content (AvgIpc) is 3.31. The van der Waals surface area contributed by atoms with Gasteiger partial charge in [0.15, 0.2) is 11.4 Å². The van der Waals surface area contributed by atoms with Crippen molar-refractivity contribution >= 4 is 21.1 Å². The number of rotatable bonds is 3. The number of nitrogens with zero attached hydrogens (tertiary/aromatic N) is 5.